The molecule has 0 saturated heterocycles. The van der Waals surface area contributed by atoms with Crippen molar-refractivity contribution in [3.05, 3.63) is 42.0 Å². The fourth-order valence-electron chi connectivity index (χ4n) is 2.50. The van der Waals surface area contributed by atoms with E-state index in [0.717, 1.165) is 16.8 Å². The number of benzene rings is 2. The average molecular weight is 323 g/mol. The lowest BCUT2D eigenvalue weighted by Crippen LogP contribution is -2.17. The zero-order valence-electron chi connectivity index (χ0n) is 12.0. The third-order valence-electron chi connectivity index (χ3n) is 3.45. The lowest BCUT2D eigenvalue weighted by atomic mass is 10.0. The molecule has 0 aliphatic carbocycles. The van der Waals surface area contributed by atoms with Gasteiger partial charge in [-0.1, -0.05) is 6.07 Å². The van der Waals surface area contributed by atoms with E-state index in [0.29, 0.717) is 5.56 Å². The first-order valence-corrected chi connectivity index (χ1v) is 6.72. The standard InChI is InChI=1S/C16H12F3NO3/c1-22-14-8-11(23-16(17,18)19)3-4-12(14)9-2-5-13-10(6-9)7-15(21)20-13/h2-6,8H,7H2,1H3,(H,20,21). The summed E-state index contributed by atoms with van der Waals surface area (Å²) in [5.41, 5.74) is 2.94. The van der Waals surface area contributed by atoms with Crippen molar-refractivity contribution >= 4 is 11.6 Å². The van der Waals surface area contributed by atoms with Gasteiger partial charge in [-0.05, 0) is 35.4 Å². The number of carbonyl (C=O) groups is 1. The van der Waals surface area contributed by atoms with Crippen LogP contribution in [0.15, 0.2) is 36.4 Å². The van der Waals surface area contributed by atoms with Crippen molar-refractivity contribution in [3.8, 4) is 22.6 Å². The molecule has 23 heavy (non-hydrogen) atoms. The molecule has 2 aromatic carbocycles. The number of alkyl halides is 3. The molecule has 1 aliphatic heterocycles. The molecule has 0 fully saturated rings. The van der Waals surface area contributed by atoms with Crippen LogP contribution in [0.2, 0.25) is 0 Å². The van der Waals surface area contributed by atoms with Gasteiger partial charge in [-0.3, -0.25) is 4.79 Å². The number of hydrogen-bond donors (Lipinski definition) is 1. The van der Waals surface area contributed by atoms with E-state index in [1.807, 2.05) is 6.07 Å². The number of ether oxygens (including phenoxy) is 2. The third-order valence-corrected chi connectivity index (χ3v) is 3.45. The predicted octanol–water partition coefficient (Wildman–Crippen LogP) is 3.76. The van der Waals surface area contributed by atoms with Crippen LogP contribution in [0.1, 0.15) is 5.56 Å². The van der Waals surface area contributed by atoms with Crippen LogP contribution in [-0.4, -0.2) is 19.4 Å². The maximum atomic E-state index is 12.3. The highest BCUT2D eigenvalue weighted by atomic mass is 19.4. The molecule has 0 bridgehead atoms. The molecule has 3 rings (SSSR count). The Kier molecular flexibility index (Phi) is 3.63. The lowest BCUT2D eigenvalue weighted by Gasteiger charge is -2.13. The second-order valence-electron chi connectivity index (χ2n) is 5.01. The lowest BCUT2D eigenvalue weighted by molar-refractivity contribution is -0.274. The van der Waals surface area contributed by atoms with Crippen LogP contribution in [-0.2, 0) is 11.2 Å². The van der Waals surface area contributed by atoms with Gasteiger partial charge in [0.25, 0.3) is 0 Å². The molecule has 1 N–H and O–H groups in total. The zero-order valence-corrected chi connectivity index (χ0v) is 12.0. The Balaban J connectivity index is 1.97. The van der Waals surface area contributed by atoms with Gasteiger partial charge in [0.1, 0.15) is 11.5 Å². The fraction of sp³-hybridized carbons (Fsp3) is 0.188. The predicted molar refractivity (Wildman–Crippen MR) is 77.4 cm³/mol. The van der Waals surface area contributed by atoms with Gasteiger partial charge in [-0.25, -0.2) is 0 Å². The summed E-state index contributed by atoms with van der Waals surface area (Å²) in [4.78, 5) is 11.4. The Bertz CT molecular complexity index is 772. The van der Waals surface area contributed by atoms with E-state index in [-0.39, 0.29) is 23.8 Å². The first-order chi connectivity index (χ1) is 10.9. The summed E-state index contributed by atoms with van der Waals surface area (Å²) in [6.45, 7) is 0. The molecule has 0 atom stereocenters. The molecule has 1 heterocycles. The molecule has 1 amide bonds. The summed E-state index contributed by atoms with van der Waals surface area (Å²) in [6.07, 6.45) is -4.48. The molecule has 7 heteroatoms. The Morgan fingerprint density at radius 3 is 2.61 bits per heavy atom. The number of fused-ring (bicyclic) bond motifs is 1. The van der Waals surface area contributed by atoms with Crippen molar-refractivity contribution in [2.45, 2.75) is 12.8 Å². The van der Waals surface area contributed by atoms with Gasteiger partial charge in [0, 0.05) is 17.3 Å². The molecule has 4 nitrogen and oxygen atoms in total. The smallest absolute Gasteiger partial charge is 0.496 e. The van der Waals surface area contributed by atoms with Crippen molar-refractivity contribution < 1.29 is 27.4 Å². The monoisotopic (exact) mass is 323 g/mol. The van der Waals surface area contributed by atoms with Gasteiger partial charge in [-0.2, -0.15) is 0 Å². The van der Waals surface area contributed by atoms with Crippen molar-refractivity contribution in [1.82, 2.24) is 0 Å². The third kappa shape index (κ3) is 3.23. The Morgan fingerprint density at radius 1 is 1.13 bits per heavy atom. The van der Waals surface area contributed by atoms with Gasteiger partial charge in [0.2, 0.25) is 5.91 Å². The van der Waals surface area contributed by atoms with Crippen LogP contribution in [0, 0.1) is 0 Å². The number of amides is 1. The van der Waals surface area contributed by atoms with Crippen molar-refractivity contribution in [2.75, 3.05) is 12.4 Å². The second-order valence-corrected chi connectivity index (χ2v) is 5.01. The van der Waals surface area contributed by atoms with Gasteiger partial charge in [-0.15, -0.1) is 13.2 Å². The summed E-state index contributed by atoms with van der Waals surface area (Å²) >= 11 is 0. The first-order valence-electron chi connectivity index (χ1n) is 6.72. The van der Waals surface area contributed by atoms with Crippen LogP contribution < -0.4 is 14.8 Å². The number of hydrogen-bond acceptors (Lipinski definition) is 3. The molecular weight excluding hydrogens is 311 g/mol. The highest BCUT2D eigenvalue weighted by Gasteiger charge is 2.31. The first kappa shape index (κ1) is 15.2. The van der Waals surface area contributed by atoms with Gasteiger partial charge in [0.05, 0.1) is 13.5 Å². The fourth-order valence-corrected chi connectivity index (χ4v) is 2.50. The number of carbonyl (C=O) groups excluding carboxylic acids is 1. The van der Waals surface area contributed by atoms with E-state index in [4.69, 9.17) is 4.74 Å². The molecule has 0 radical (unpaired) electrons. The molecule has 0 saturated carbocycles. The van der Waals surface area contributed by atoms with E-state index in [2.05, 4.69) is 10.1 Å². The van der Waals surface area contributed by atoms with Gasteiger partial charge < -0.3 is 14.8 Å². The largest absolute Gasteiger partial charge is 0.573 e. The van der Waals surface area contributed by atoms with Crippen LogP contribution >= 0.6 is 0 Å². The molecule has 0 aromatic heterocycles. The Morgan fingerprint density at radius 2 is 1.91 bits per heavy atom. The quantitative estimate of drug-likeness (QED) is 0.936. The van der Waals surface area contributed by atoms with Crippen LogP contribution in [0.3, 0.4) is 0 Å². The molecule has 0 spiro atoms. The van der Waals surface area contributed by atoms with E-state index >= 15 is 0 Å². The summed E-state index contributed by atoms with van der Waals surface area (Å²) in [5.74, 6) is -0.182. The normalized spacial score (nSPS) is 13.5. The van der Waals surface area contributed by atoms with E-state index < -0.39 is 6.36 Å². The summed E-state index contributed by atoms with van der Waals surface area (Å²) < 4.78 is 45.9. The maximum absolute atomic E-state index is 12.3. The van der Waals surface area contributed by atoms with Crippen LogP contribution in [0.5, 0.6) is 11.5 Å². The summed E-state index contributed by atoms with van der Waals surface area (Å²) in [6, 6.07) is 9.24. The van der Waals surface area contributed by atoms with Gasteiger partial charge >= 0.3 is 6.36 Å². The summed E-state index contributed by atoms with van der Waals surface area (Å²) in [5, 5.41) is 2.72. The van der Waals surface area contributed by atoms with Crippen molar-refractivity contribution in [1.29, 1.82) is 0 Å². The topological polar surface area (TPSA) is 47.6 Å². The minimum absolute atomic E-state index is 0.0851. The molecule has 2 aromatic rings. The number of rotatable bonds is 3. The maximum Gasteiger partial charge on any atom is 0.573 e. The second kappa shape index (κ2) is 5.49. The highest BCUT2D eigenvalue weighted by Crippen LogP contribution is 2.37. The molecule has 0 unspecified atom stereocenters. The van der Waals surface area contributed by atoms with Crippen molar-refractivity contribution in [2.24, 2.45) is 0 Å². The number of nitrogens with one attached hydrogen (secondary N) is 1. The summed E-state index contributed by atoms with van der Waals surface area (Å²) in [7, 11) is 1.37. The van der Waals surface area contributed by atoms with Crippen molar-refractivity contribution in [3.63, 3.8) is 0 Å². The molecular formula is C16H12F3NO3. The minimum Gasteiger partial charge on any atom is -0.496 e. The number of methoxy groups -OCH3 is 1. The van der Waals surface area contributed by atoms with Crippen LogP contribution in [0.4, 0.5) is 18.9 Å². The number of halogens is 3. The van der Waals surface area contributed by atoms with E-state index in [9.17, 15) is 18.0 Å². The highest BCUT2D eigenvalue weighted by molar-refractivity contribution is 5.99. The van der Waals surface area contributed by atoms with Gasteiger partial charge in [0.15, 0.2) is 0 Å². The average Bonchev–Trinajstić information content (AvgIpc) is 2.84. The van der Waals surface area contributed by atoms with Crippen LogP contribution in [0.25, 0.3) is 11.1 Å². The minimum atomic E-state index is -4.76. The molecule has 120 valence electrons. The molecule has 1 aliphatic rings. The Hall–Kier alpha value is -2.70. The number of anilines is 1. The van der Waals surface area contributed by atoms with E-state index in [1.165, 1.54) is 25.3 Å². The van der Waals surface area contributed by atoms with E-state index in [1.54, 1.807) is 12.1 Å². The zero-order chi connectivity index (χ0) is 16.6. The SMILES string of the molecule is COc1cc(OC(F)(F)F)ccc1-c1ccc2c(c1)CC(=O)N2. The Labute approximate surface area is 129 Å².